The maximum absolute atomic E-state index is 11.3. The van der Waals surface area contributed by atoms with Crippen molar-refractivity contribution in [1.82, 2.24) is 9.55 Å². The molecule has 1 rings (SSSR count). The highest BCUT2D eigenvalue weighted by Gasteiger charge is 2.04. The Balaban J connectivity index is 2.91. The Kier molecular flexibility index (Phi) is 3.49. The van der Waals surface area contributed by atoms with Gasteiger partial charge in [-0.05, 0) is 20.4 Å². The molecule has 0 amide bonds. The number of anilines is 1. The molecule has 0 aromatic carbocycles. The molecule has 0 radical (unpaired) electrons. The minimum absolute atomic E-state index is 0.313. The molecule has 0 saturated carbocycles. The van der Waals surface area contributed by atoms with Gasteiger partial charge < -0.3 is 14.6 Å². The summed E-state index contributed by atoms with van der Waals surface area (Å²) in [5.74, 6) is 0.873. The van der Waals surface area contributed by atoms with Crippen LogP contribution in [0.4, 0.5) is 5.82 Å². The zero-order chi connectivity index (χ0) is 11.4. The van der Waals surface area contributed by atoms with E-state index in [9.17, 15) is 4.79 Å². The monoisotopic (exact) mass is 209 g/mol. The molecular formula is C10H15N3O2. The molecule has 5 nitrogen and oxygen atoms in total. The van der Waals surface area contributed by atoms with E-state index < -0.39 is 0 Å². The van der Waals surface area contributed by atoms with Crippen molar-refractivity contribution in [3.8, 4) is 0 Å². The number of hydrogen-bond acceptors (Lipinski definition) is 4. The molecule has 0 atom stereocenters. The third kappa shape index (κ3) is 2.83. The normalized spacial score (nSPS) is 9.80. The molecular weight excluding hydrogens is 194 g/mol. The van der Waals surface area contributed by atoms with Gasteiger partial charge in [-0.25, -0.2) is 4.79 Å². The van der Waals surface area contributed by atoms with E-state index in [1.165, 1.54) is 4.57 Å². The number of ether oxygens (including phenoxy) is 1. The highest BCUT2D eigenvalue weighted by atomic mass is 16.5. The van der Waals surface area contributed by atoms with E-state index in [1.807, 2.05) is 13.8 Å². The first-order valence-electron chi connectivity index (χ1n) is 4.67. The van der Waals surface area contributed by atoms with Gasteiger partial charge in [-0.3, -0.25) is 0 Å². The van der Waals surface area contributed by atoms with E-state index >= 15 is 0 Å². The zero-order valence-electron chi connectivity index (χ0n) is 9.20. The van der Waals surface area contributed by atoms with Crippen LogP contribution in [-0.2, 0) is 11.8 Å². The maximum atomic E-state index is 11.3. The molecule has 1 N–H and O–H groups in total. The molecule has 1 aromatic heterocycles. The second-order valence-corrected chi connectivity index (χ2v) is 3.15. The van der Waals surface area contributed by atoms with Crippen LogP contribution in [0.15, 0.2) is 23.5 Å². The molecule has 0 aliphatic rings. The summed E-state index contributed by atoms with van der Waals surface area (Å²) in [4.78, 5) is 15.1. The lowest BCUT2D eigenvalue weighted by atomic mass is 10.3. The Morgan fingerprint density at radius 1 is 1.73 bits per heavy atom. The Hall–Kier alpha value is -1.78. The van der Waals surface area contributed by atoms with Crippen LogP contribution in [0.3, 0.4) is 0 Å². The van der Waals surface area contributed by atoms with Crippen LogP contribution >= 0.6 is 0 Å². The van der Waals surface area contributed by atoms with Crippen LogP contribution in [0, 0.1) is 6.92 Å². The Labute approximate surface area is 88.4 Å². The molecule has 0 saturated heterocycles. The molecule has 1 heterocycles. The average Bonchev–Trinajstić information content (AvgIpc) is 2.14. The quantitative estimate of drug-likeness (QED) is 0.752. The minimum Gasteiger partial charge on any atom is -0.480 e. The lowest BCUT2D eigenvalue weighted by Crippen LogP contribution is -2.22. The van der Waals surface area contributed by atoms with Gasteiger partial charge in [-0.1, -0.05) is 0 Å². The fourth-order valence-corrected chi connectivity index (χ4v) is 1.14. The van der Waals surface area contributed by atoms with Gasteiger partial charge in [0.15, 0.2) is 5.88 Å². The minimum atomic E-state index is -0.313. The first kappa shape index (κ1) is 11.3. The van der Waals surface area contributed by atoms with Crippen molar-refractivity contribution in [3.05, 3.63) is 34.7 Å². The number of rotatable bonds is 4. The highest BCUT2D eigenvalue weighted by molar-refractivity contribution is 5.44. The van der Waals surface area contributed by atoms with Crippen LogP contribution in [0.1, 0.15) is 12.5 Å². The topological polar surface area (TPSA) is 56.2 Å². The summed E-state index contributed by atoms with van der Waals surface area (Å²) in [5, 5.41) is 2.84. The largest absolute Gasteiger partial charge is 0.480 e. The maximum Gasteiger partial charge on any atom is 0.349 e. The molecule has 0 aliphatic carbocycles. The first-order chi connectivity index (χ1) is 7.04. The standard InChI is InChI=1S/C10H15N3O2/c1-5-15-8(3)11-9-7(2)6-13(4)10(14)12-9/h6H,3,5H2,1-2,4H3,(H,11,12,14). The van der Waals surface area contributed by atoms with Gasteiger partial charge in [-0.2, -0.15) is 4.98 Å². The molecule has 15 heavy (non-hydrogen) atoms. The van der Waals surface area contributed by atoms with E-state index in [4.69, 9.17) is 4.74 Å². The van der Waals surface area contributed by atoms with Crippen LogP contribution in [0.5, 0.6) is 0 Å². The second kappa shape index (κ2) is 4.63. The molecule has 5 heteroatoms. The fourth-order valence-electron chi connectivity index (χ4n) is 1.14. The summed E-state index contributed by atoms with van der Waals surface area (Å²) in [6.45, 7) is 7.89. The smallest absolute Gasteiger partial charge is 0.349 e. The van der Waals surface area contributed by atoms with E-state index in [1.54, 1.807) is 13.2 Å². The zero-order valence-corrected chi connectivity index (χ0v) is 9.20. The lowest BCUT2D eigenvalue weighted by Gasteiger charge is -2.11. The third-order valence-electron chi connectivity index (χ3n) is 1.85. The SMILES string of the molecule is C=C(Nc1nc(=O)n(C)cc1C)OCC. The average molecular weight is 209 g/mol. The van der Waals surface area contributed by atoms with E-state index in [0.717, 1.165) is 5.56 Å². The summed E-state index contributed by atoms with van der Waals surface area (Å²) in [6.07, 6.45) is 1.71. The summed E-state index contributed by atoms with van der Waals surface area (Å²) < 4.78 is 6.54. The Morgan fingerprint density at radius 2 is 2.40 bits per heavy atom. The molecule has 1 aromatic rings. The third-order valence-corrected chi connectivity index (χ3v) is 1.85. The molecule has 0 fully saturated rings. The summed E-state index contributed by atoms with van der Waals surface area (Å²) in [6, 6.07) is 0. The van der Waals surface area contributed by atoms with Gasteiger partial charge in [0.25, 0.3) is 0 Å². The van der Waals surface area contributed by atoms with Gasteiger partial charge in [0.1, 0.15) is 5.82 Å². The van der Waals surface area contributed by atoms with Crippen LogP contribution in [0.2, 0.25) is 0 Å². The Morgan fingerprint density at radius 3 is 3.00 bits per heavy atom. The lowest BCUT2D eigenvalue weighted by molar-refractivity contribution is 0.236. The summed E-state index contributed by atoms with van der Waals surface area (Å²) in [5.41, 5.74) is 0.547. The van der Waals surface area contributed by atoms with Crippen LogP contribution in [0.25, 0.3) is 0 Å². The van der Waals surface area contributed by atoms with Crippen molar-refractivity contribution in [2.45, 2.75) is 13.8 Å². The van der Waals surface area contributed by atoms with Gasteiger partial charge in [-0.15, -0.1) is 0 Å². The number of aryl methyl sites for hydroxylation is 2. The number of hydrogen-bond donors (Lipinski definition) is 1. The number of aromatic nitrogens is 2. The van der Waals surface area contributed by atoms with Crippen LogP contribution in [-0.4, -0.2) is 16.2 Å². The fraction of sp³-hybridized carbons (Fsp3) is 0.400. The van der Waals surface area contributed by atoms with Crippen molar-refractivity contribution >= 4 is 5.82 Å². The molecule has 0 unspecified atom stereocenters. The molecule has 0 bridgehead atoms. The van der Waals surface area contributed by atoms with Gasteiger partial charge in [0.2, 0.25) is 0 Å². The van der Waals surface area contributed by atoms with Crippen molar-refractivity contribution in [2.24, 2.45) is 7.05 Å². The van der Waals surface area contributed by atoms with E-state index in [0.29, 0.717) is 18.3 Å². The highest BCUT2D eigenvalue weighted by Crippen LogP contribution is 2.09. The Bertz CT molecular complexity index is 423. The first-order valence-corrected chi connectivity index (χ1v) is 4.67. The van der Waals surface area contributed by atoms with E-state index in [2.05, 4.69) is 16.9 Å². The van der Waals surface area contributed by atoms with Crippen molar-refractivity contribution in [1.29, 1.82) is 0 Å². The van der Waals surface area contributed by atoms with Gasteiger partial charge in [0.05, 0.1) is 6.61 Å². The molecule has 0 aliphatic heterocycles. The molecule has 0 spiro atoms. The van der Waals surface area contributed by atoms with Crippen molar-refractivity contribution in [3.63, 3.8) is 0 Å². The second-order valence-electron chi connectivity index (χ2n) is 3.15. The number of nitrogens with zero attached hydrogens (tertiary/aromatic N) is 2. The summed E-state index contributed by atoms with van der Waals surface area (Å²) >= 11 is 0. The van der Waals surface area contributed by atoms with Gasteiger partial charge >= 0.3 is 5.69 Å². The van der Waals surface area contributed by atoms with E-state index in [-0.39, 0.29) is 5.69 Å². The predicted molar refractivity (Wildman–Crippen MR) is 58.6 cm³/mol. The summed E-state index contributed by atoms with van der Waals surface area (Å²) in [7, 11) is 1.66. The molecule has 82 valence electrons. The van der Waals surface area contributed by atoms with Crippen molar-refractivity contribution < 1.29 is 4.74 Å². The van der Waals surface area contributed by atoms with Crippen molar-refractivity contribution in [2.75, 3.05) is 11.9 Å². The predicted octanol–water partition coefficient (Wildman–Crippen LogP) is 1.01. The van der Waals surface area contributed by atoms with Crippen LogP contribution < -0.4 is 11.0 Å². The van der Waals surface area contributed by atoms with Gasteiger partial charge in [0, 0.05) is 18.8 Å². The number of nitrogens with one attached hydrogen (secondary N) is 1.